The van der Waals surface area contributed by atoms with Gasteiger partial charge in [-0.1, -0.05) is 0 Å². The maximum Gasteiger partial charge on any atom is 0.295 e. The Hall–Kier alpha value is -2.38. The molecule has 0 unspecified atom stereocenters. The first-order valence-corrected chi connectivity index (χ1v) is 6.96. The maximum absolute atomic E-state index is 13.7. The molecule has 1 aromatic carbocycles. The fraction of sp³-hybridized carbons (Fsp3) is 0.500. The number of nitrogens with zero attached hydrogens (tertiary/aromatic N) is 2. The van der Waals surface area contributed by atoms with Crippen molar-refractivity contribution in [2.24, 2.45) is 0 Å². The summed E-state index contributed by atoms with van der Waals surface area (Å²) in [6.45, 7) is 2.54. The van der Waals surface area contributed by atoms with Crippen LogP contribution in [-0.4, -0.2) is 37.1 Å². The number of halogens is 1. The first kappa shape index (κ1) is 16.0. The fourth-order valence-electron chi connectivity index (χ4n) is 2.64. The van der Waals surface area contributed by atoms with Crippen LogP contribution in [0.2, 0.25) is 0 Å². The SMILES string of the molecule is COc1cc(N2CCC(NC(C)=O)CC2)c([N+](=O)[O-])cc1F. The highest BCUT2D eigenvalue weighted by molar-refractivity contribution is 5.73. The summed E-state index contributed by atoms with van der Waals surface area (Å²) < 4.78 is 18.6. The normalized spacial score (nSPS) is 15.5. The zero-order valence-corrected chi connectivity index (χ0v) is 12.5. The van der Waals surface area contributed by atoms with E-state index in [4.69, 9.17) is 4.74 Å². The lowest BCUT2D eigenvalue weighted by molar-refractivity contribution is -0.384. The zero-order valence-electron chi connectivity index (χ0n) is 12.5. The van der Waals surface area contributed by atoms with E-state index < -0.39 is 10.7 Å². The Morgan fingerprint density at radius 2 is 2.09 bits per heavy atom. The number of rotatable bonds is 4. The number of anilines is 1. The van der Waals surface area contributed by atoms with E-state index in [9.17, 15) is 19.3 Å². The molecule has 1 aliphatic rings. The van der Waals surface area contributed by atoms with Crippen molar-refractivity contribution in [2.45, 2.75) is 25.8 Å². The fourth-order valence-corrected chi connectivity index (χ4v) is 2.64. The molecule has 0 saturated carbocycles. The smallest absolute Gasteiger partial charge is 0.295 e. The van der Waals surface area contributed by atoms with Crippen molar-refractivity contribution >= 4 is 17.3 Å². The maximum atomic E-state index is 13.7. The topological polar surface area (TPSA) is 84.7 Å². The Labute approximate surface area is 127 Å². The molecule has 0 bridgehead atoms. The molecule has 2 rings (SSSR count). The van der Waals surface area contributed by atoms with Crippen molar-refractivity contribution in [1.29, 1.82) is 0 Å². The molecular weight excluding hydrogens is 293 g/mol. The van der Waals surface area contributed by atoms with Crippen molar-refractivity contribution in [1.82, 2.24) is 5.32 Å². The van der Waals surface area contributed by atoms with E-state index in [-0.39, 0.29) is 23.4 Å². The Morgan fingerprint density at radius 1 is 1.45 bits per heavy atom. The van der Waals surface area contributed by atoms with Gasteiger partial charge < -0.3 is 15.0 Å². The summed E-state index contributed by atoms with van der Waals surface area (Å²) in [6.07, 6.45) is 1.35. The number of benzene rings is 1. The van der Waals surface area contributed by atoms with Crippen LogP contribution in [0, 0.1) is 15.9 Å². The lowest BCUT2D eigenvalue weighted by Gasteiger charge is -2.33. The zero-order chi connectivity index (χ0) is 16.3. The molecule has 7 nitrogen and oxygen atoms in total. The van der Waals surface area contributed by atoms with Crippen LogP contribution in [0.5, 0.6) is 5.75 Å². The van der Waals surface area contributed by atoms with Crippen molar-refractivity contribution < 1.29 is 18.8 Å². The molecule has 0 aliphatic carbocycles. The van der Waals surface area contributed by atoms with Crippen LogP contribution in [0.1, 0.15) is 19.8 Å². The summed E-state index contributed by atoms with van der Waals surface area (Å²) in [5.74, 6) is -0.872. The Kier molecular flexibility index (Phi) is 4.79. The quantitative estimate of drug-likeness (QED) is 0.677. The van der Waals surface area contributed by atoms with Crippen molar-refractivity contribution in [2.75, 3.05) is 25.1 Å². The van der Waals surface area contributed by atoms with Crippen LogP contribution >= 0.6 is 0 Å². The third kappa shape index (κ3) is 3.44. The Morgan fingerprint density at radius 3 is 2.59 bits per heavy atom. The number of methoxy groups -OCH3 is 1. The van der Waals surface area contributed by atoms with Crippen LogP contribution in [-0.2, 0) is 4.79 Å². The van der Waals surface area contributed by atoms with Crippen molar-refractivity contribution in [3.63, 3.8) is 0 Å². The van der Waals surface area contributed by atoms with E-state index in [1.54, 1.807) is 0 Å². The van der Waals surface area contributed by atoms with Gasteiger partial charge in [0.25, 0.3) is 5.69 Å². The van der Waals surface area contributed by atoms with Crippen molar-refractivity contribution in [3.8, 4) is 5.75 Å². The van der Waals surface area contributed by atoms with Gasteiger partial charge >= 0.3 is 0 Å². The summed E-state index contributed by atoms with van der Waals surface area (Å²) in [5.41, 5.74) is 0.0563. The molecule has 0 atom stereocenters. The predicted octanol–water partition coefficient (Wildman–Crippen LogP) is 1.85. The number of nitro benzene ring substituents is 1. The number of carbonyl (C=O) groups is 1. The molecule has 1 N–H and O–H groups in total. The molecule has 1 saturated heterocycles. The van der Waals surface area contributed by atoms with Gasteiger partial charge in [0.05, 0.1) is 18.1 Å². The number of amides is 1. The highest BCUT2D eigenvalue weighted by Gasteiger charge is 2.27. The van der Waals surface area contributed by atoms with E-state index >= 15 is 0 Å². The first-order valence-electron chi connectivity index (χ1n) is 6.96. The lowest BCUT2D eigenvalue weighted by atomic mass is 10.0. The molecule has 1 amide bonds. The monoisotopic (exact) mass is 311 g/mol. The lowest BCUT2D eigenvalue weighted by Crippen LogP contribution is -2.44. The van der Waals surface area contributed by atoms with Gasteiger partial charge in [-0.15, -0.1) is 0 Å². The standard InChI is InChI=1S/C14H18FN3O4/c1-9(19)16-10-3-5-17(6-4-10)12-8-14(22-2)11(15)7-13(12)18(20)21/h7-8,10H,3-6H2,1-2H3,(H,16,19). The van der Waals surface area contributed by atoms with Gasteiger partial charge in [-0.05, 0) is 12.8 Å². The predicted molar refractivity (Wildman–Crippen MR) is 78.7 cm³/mol. The number of carbonyl (C=O) groups excluding carboxylic acids is 1. The van der Waals surface area contributed by atoms with Gasteiger partial charge in [-0.2, -0.15) is 0 Å². The van der Waals surface area contributed by atoms with Gasteiger partial charge in [0.2, 0.25) is 5.91 Å². The van der Waals surface area contributed by atoms with E-state index in [0.717, 1.165) is 6.07 Å². The summed E-state index contributed by atoms with van der Waals surface area (Å²) in [5, 5.41) is 14.0. The van der Waals surface area contributed by atoms with Gasteiger partial charge in [-0.3, -0.25) is 14.9 Å². The molecule has 1 aromatic rings. The summed E-state index contributed by atoms with van der Waals surface area (Å²) in [4.78, 5) is 23.4. The minimum absolute atomic E-state index is 0.0235. The van der Waals surface area contributed by atoms with Crippen LogP contribution < -0.4 is 15.0 Å². The second-order valence-corrected chi connectivity index (χ2v) is 5.19. The van der Waals surface area contributed by atoms with Crippen LogP contribution in [0.3, 0.4) is 0 Å². The molecule has 1 heterocycles. The average molecular weight is 311 g/mol. The number of nitrogens with one attached hydrogen (secondary N) is 1. The molecule has 0 spiro atoms. The second kappa shape index (κ2) is 6.59. The number of ether oxygens (including phenoxy) is 1. The Balaban J connectivity index is 2.22. The van der Waals surface area contributed by atoms with Gasteiger partial charge in [0.1, 0.15) is 5.69 Å². The molecular formula is C14H18FN3O4. The minimum atomic E-state index is -0.758. The average Bonchev–Trinajstić information content (AvgIpc) is 2.47. The number of hydrogen-bond acceptors (Lipinski definition) is 5. The summed E-state index contributed by atoms with van der Waals surface area (Å²) in [6, 6.07) is 2.30. The highest BCUT2D eigenvalue weighted by atomic mass is 19.1. The Bertz CT molecular complexity index is 586. The molecule has 120 valence electrons. The van der Waals surface area contributed by atoms with Gasteiger partial charge in [0, 0.05) is 32.1 Å². The van der Waals surface area contributed by atoms with E-state index in [2.05, 4.69) is 5.32 Å². The van der Waals surface area contributed by atoms with Crippen LogP contribution in [0.4, 0.5) is 15.8 Å². The largest absolute Gasteiger partial charge is 0.494 e. The second-order valence-electron chi connectivity index (χ2n) is 5.19. The van der Waals surface area contributed by atoms with E-state index in [1.165, 1.54) is 20.1 Å². The summed E-state index contributed by atoms with van der Waals surface area (Å²) >= 11 is 0. The molecule has 8 heteroatoms. The minimum Gasteiger partial charge on any atom is -0.494 e. The number of nitro groups is 1. The van der Waals surface area contributed by atoms with Gasteiger partial charge in [0.15, 0.2) is 11.6 Å². The summed E-state index contributed by atoms with van der Waals surface area (Å²) in [7, 11) is 1.32. The molecule has 0 aromatic heterocycles. The third-order valence-electron chi connectivity index (χ3n) is 3.69. The highest BCUT2D eigenvalue weighted by Crippen LogP contribution is 2.35. The molecule has 1 fully saturated rings. The van der Waals surface area contributed by atoms with Gasteiger partial charge in [-0.25, -0.2) is 4.39 Å². The third-order valence-corrected chi connectivity index (χ3v) is 3.69. The molecule has 22 heavy (non-hydrogen) atoms. The van der Waals surface area contributed by atoms with Crippen LogP contribution in [0.15, 0.2) is 12.1 Å². The number of hydrogen-bond donors (Lipinski definition) is 1. The molecule has 1 aliphatic heterocycles. The molecule has 0 radical (unpaired) electrons. The first-order chi connectivity index (χ1) is 10.4. The van der Waals surface area contributed by atoms with E-state index in [0.29, 0.717) is 31.6 Å². The number of piperidine rings is 1. The van der Waals surface area contributed by atoms with E-state index in [1.807, 2.05) is 4.90 Å². The van der Waals surface area contributed by atoms with Crippen LogP contribution in [0.25, 0.3) is 0 Å². The van der Waals surface area contributed by atoms with Crippen molar-refractivity contribution in [3.05, 3.63) is 28.1 Å².